The molecule has 6 heteroatoms. The predicted octanol–water partition coefficient (Wildman–Crippen LogP) is 2.02. The first-order valence-corrected chi connectivity index (χ1v) is 7.26. The molecule has 0 saturated carbocycles. The van der Waals surface area contributed by atoms with Crippen molar-refractivity contribution in [3.63, 3.8) is 0 Å². The van der Waals surface area contributed by atoms with E-state index in [4.69, 9.17) is 21.4 Å². The summed E-state index contributed by atoms with van der Waals surface area (Å²) in [4.78, 5) is 22.8. The first-order chi connectivity index (χ1) is 9.95. The Labute approximate surface area is 128 Å². The highest BCUT2D eigenvalue weighted by atomic mass is 35.5. The molecule has 1 amide bonds. The van der Waals surface area contributed by atoms with Gasteiger partial charge in [0, 0.05) is 11.1 Å². The molecular formula is C15H18ClNO4. The molecule has 0 spiro atoms. The maximum absolute atomic E-state index is 12.0. The summed E-state index contributed by atoms with van der Waals surface area (Å²) in [6.45, 7) is 1.89. The summed E-state index contributed by atoms with van der Waals surface area (Å²) in [7, 11) is 0. The molecule has 3 atom stereocenters. The van der Waals surface area contributed by atoms with Crippen molar-refractivity contribution in [2.45, 2.75) is 44.4 Å². The zero-order chi connectivity index (χ0) is 15.4. The summed E-state index contributed by atoms with van der Waals surface area (Å²) in [5.41, 5.74) is 1.03. The van der Waals surface area contributed by atoms with E-state index in [2.05, 4.69) is 5.32 Å². The third-order valence-corrected chi connectivity index (χ3v) is 3.64. The normalized spacial score (nSPS) is 22.8. The van der Waals surface area contributed by atoms with E-state index in [-0.39, 0.29) is 11.9 Å². The Morgan fingerprint density at radius 1 is 1.43 bits per heavy atom. The van der Waals surface area contributed by atoms with E-state index >= 15 is 0 Å². The fourth-order valence-electron chi connectivity index (χ4n) is 2.42. The van der Waals surface area contributed by atoms with Crippen LogP contribution in [0.1, 0.15) is 25.3 Å². The molecule has 21 heavy (non-hydrogen) atoms. The Kier molecular flexibility index (Phi) is 5.20. The van der Waals surface area contributed by atoms with Gasteiger partial charge in [0.1, 0.15) is 6.10 Å². The first-order valence-electron chi connectivity index (χ1n) is 6.89. The minimum absolute atomic E-state index is 0.0801. The maximum atomic E-state index is 12.0. The highest BCUT2D eigenvalue weighted by Gasteiger charge is 2.34. The Morgan fingerprint density at radius 3 is 2.76 bits per heavy atom. The van der Waals surface area contributed by atoms with Crippen LogP contribution in [0.2, 0.25) is 5.02 Å². The van der Waals surface area contributed by atoms with Gasteiger partial charge in [0.05, 0.1) is 0 Å². The highest BCUT2D eigenvalue weighted by molar-refractivity contribution is 6.30. The number of hydrogen-bond donors (Lipinski definition) is 2. The number of aliphatic carboxylic acids is 1. The van der Waals surface area contributed by atoms with Crippen molar-refractivity contribution in [2.75, 3.05) is 0 Å². The third kappa shape index (κ3) is 4.44. The van der Waals surface area contributed by atoms with Gasteiger partial charge < -0.3 is 15.2 Å². The molecule has 1 aliphatic rings. The topological polar surface area (TPSA) is 75.6 Å². The van der Waals surface area contributed by atoms with E-state index in [0.717, 1.165) is 5.56 Å². The monoisotopic (exact) mass is 311 g/mol. The van der Waals surface area contributed by atoms with Crippen LogP contribution in [0, 0.1) is 0 Å². The number of halogens is 1. The molecule has 0 aliphatic carbocycles. The van der Waals surface area contributed by atoms with Crippen molar-refractivity contribution >= 4 is 23.5 Å². The van der Waals surface area contributed by atoms with Crippen molar-refractivity contribution in [2.24, 2.45) is 0 Å². The lowest BCUT2D eigenvalue weighted by Crippen LogP contribution is -2.41. The van der Waals surface area contributed by atoms with E-state index in [1.165, 1.54) is 0 Å². The summed E-state index contributed by atoms with van der Waals surface area (Å²) in [6.07, 6.45) is -0.0821. The van der Waals surface area contributed by atoms with E-state index in [1.807, 2.05) is 25.1 Å². The average Bonchev–Trinajstić information content (AvgIpc) is 2.88. The molecule has 5 nitrogen and oxygen atoms in total. The molecule has 1 aromatic rings. The maximum Gasteiger partial charge on any atom is 0.332 e. The lowest BCUT2D eigenvalue weighted by atomic mass is 10.1. The number of amides is 1. The van der Waals surface area contributed by atoms with Crippen molar-refractivity contribution in [3.05, 3.63) is 34.9 Å². The second-order valence-electron chi connectivity index (χ2n) is 5.27. The van der Waals surface area contributed by atoms with Gasteiger partial charge >= 0.3 is 5.97 Å². The van der Waals surface area contributed by atoms with E-state index in [9.17, 15) is 9.59 Å². The predicted molar refractivity (Wildman–Crippen MR) is 78.3 cm³/mol. The van der Waals surface area contributed by atoms with Crippen LogP contribution in [0.25, 0.3) is 0 Å². The second-order valence-corrected chi connectivity index (χ2v) is 5.71. The minimum atomic E-state index is -1.02. The van der Waals surface area contributed by atoms with Gasteiger partial charge in [-0.2, -0.15) is 0 Å². The fraction of sp³-hybridized carbons (Fsp3) is 0.467. The van der Waals surface area contributed by atoms with Crippen molar-refractivity contribution < 1.29 is 19.4 Å². The van der Waals surface area contributed by atoms with Gasteiger partial charge in [-0.3, -0.25) is 4.79 Å². The lowest BCUT2D eigenvalue weighted by Gasteiger charge is -2.17. The fourth-order valence-corrected chi connectivity index (χ4v) is 2.63. The van der Waals surface area contributed by atoms with Gasteiger partial charge in [0.15, 0.2) is 6.10 Å². The molecule has 1 fully saturated rings. The second kappa shape index (κ2) is 6.91. The quantitative estimate of drug-likeness (QED) is 0.872. The van der Waals surface area contributed by atoms with Gasteiger partial charge in [-0.1, -0.05) is 23.7 Å². The summed E-state index contributed by atoms with van der Waals surface area (Å²) < 4.78 is 5.22. The van der Waals surface area contributed by atoms with Crippen LogP contribution >= 0.6 is 11.6 Å². The summed E-state index contributed by atoms with van der Waals surface area (Å²) >= 11 is 5.92. The summed E-state index contributed by atoms with van der Waals surface area (Å²) in [5.74, 6) is -1.27. The van der Waals surface area contributed by atoms with Crippen LogP contribution in [-0.4, -0.2) is 35.2 Å². The average molecular weight is 312 g/mol. The van der Waals surface area contributed by atoms with Crippen molar-refractivity contribution in [1.82, 2.24) is 5.32 Å². The van der Waals surface area contributed by atoms with Gasteiger partial charge in [-0.15, -0.1) is 0 Å². The molecule has 1 saturated heterocycles. The largest absolute Gasteiger partial charge is 0.479 e. The molecule has 0 bridgehead atoms. The van der Waals surface area contributed by atoms with Crippen molar-refractivity contribution in [3.8, 4) is 0 Å². The van der Waals surface area contributed by atoms with E-state index in [0.29, 0.717) is 24.3 Å². The van der Waals surface area contributed by atoms with Gasteiger partial charge in [-0.05, 0) is 43.9 Å². The molecule has 1 unspecified atom stereocenters. The first kappa shape index (κ1) is 15.8. The van der Waals surface area contributed by atoms with E-state index < -0.39 is 18.2 Å². The molecule has 1 aliphatic heterocycles. The van der Waals surface area contributed by atoms with Gasteiger partial charge in [-0.25, -0.2) is 4.79 Å². The molecular weight excluding hydrogens is 294 g/mol. The van der Waals surface area contributed by atoms with Crippen LogP contribution in [0.4, 0.5) is 0 Å². The molecule has 1 aromatic carbocycles. The number of carboxylic acids is 1. The number of benzene rings is 1. The van der Waals surface area contributed by atoms with Crippen LogP contribution in [0.3, 0.4) is 0 Å². The van der Waals surface area contributed by atoms with Crippen molar-refractivity contribution in [1.29, 1.82) is 0 Å². The number of ether oxygens (including phenoxy) is 1. The Morgan fingerprint density at radius 2 is 2.14 bits per heavy atom. The Bertz CT molecular complexity index is 534. The van der Waals surface area contributed by atoms with Crippen LogP contribution < -0.4 is 5.32 Å². The smallest absolute Gasteiger partial charge is 0.332 e. The van der Waals surface area contributed by atoms with Crippen LogP contribution in [0.5, 0.6) is 0 Å². The molecule has 2 N–H and O–H groups in total. The molecule has 0 aromatic heterocycles. The molecule has 0 radical (unpaired) electrons. The zero-order valence-corrected chi connectivity index (χ0v) is 12.5. The number of carbonyl (C=O) groups is 2. The lowest BCUT2D eigenvalue weighted by molar-refractivity contribution is -0.151. The minimum Gasteiger partial charge on any atom is -0.479 e. The van der Waals surface area contributed by atoms with Crippen LogP contribution in [0.15, 0.2) is 24.3 Å². The summed E-state index contributed by atoms with van der Waals surface area (Å²) in [5, 5.41) is 12.4. The number of carbonyl (C=O) groups excluding carboxylic acids is 1. The molecule has 1 heterocycles. The Hall–Kier alpha value is -1.59. The number of nitrogens with one attached hydrogen (secondary N) is 1. The third-order valence-electron chi connectivity index (χ3n) is 3.41. The zero-order valence-electron chi connectivity index (χ0n) is 11.7. The molecule has 2 rings (SSSR count). The summed E-state index contributed by atoms with van der Waals surface area (Å²) in [6, 6.07) is 7.39. The Balaban J connectivity index is 1.84. The number of carboxylic acid groups (broad SMARTS) is 1. The van der Waals surface area contributed by atoms with Gasteiger partial charge in [0.2, 0.25) is 5.91 Å². The molecule has 114 valence electrons. The number of rotatable bonds is 5. The number of hydrogen-bond acceptors (Lipinski definition) is 3. The van der Waals surface area contributed by atoms with Gasteiger partial charge in [0.25, 0.3) is 0 Å². The SMILES string of the molecule is CC(Cc1cccc(Cl)c1)NC(=O)[C@@H]1CC[C@H](C(=O)O)O1. The standard InChI is InChI=1S/C15H18ClNO4/c1-9(7-10-3-2-4-11(16)8-10)17-14(18)12-5-6-13(21-12)15(19)20/h2-4,8-9,12-13H,5-7H2,1H3,(H,17,18)(H,19,20)/t9?,12-,13+/m0/s1. The van der Waals surface area contributed by atoms with Crippen LogP contribution in [-0.2, 0) is 20.7 Å². The van der Waals surface area contributed by atoms with E-state index in [1.54, 1.807) is 6.07 Å². The highest BCUT2D eigenvalue weighted by Crippen LogP contribution is 2.20.